The van der Waals surface area contributed by atoms with E-state index in [9.17, 15) is 9.90 Å². The van der Waals surface area contributed by atoms with E-state index in [4.69, 9.17) is 9.15 Å². The second-order valence-electron chi connectivity index (χ2n) is 6.31. The maximum Gasteiger partial charge on any atom is 0.339 e. The number of rotatable bonds is 3. The van der Waals surface area contributed by atoms with Crippen LogP contribution in [0.25, 0.3) is 16.5 Å². The topological polar surface area (TPSA) is 59.7 Å². The van der Waals surface area contributed by atoms with E-state index in [2.05, 4.69) is 11.8 Å². The Morgan fingerprint density at radius 2 is 2.04 bits per heavy atom. The van der Waals surface area contributed by atoms with Gasteiger partial charge in [-0.1, -0.05) is 24.1 Å². The van der Waals surface area contributed by atoms with Gasteiger partial charge in [-0.3, -0.25) is 0 Å². The number of aryl methyl sites for hydroxylation is 1. The number of carbonyl (C=O) groups is 1. The SMILES string of the molecule is COC=C(C(=O)O)c1cccc2c(C)c(C#CC(C)(C)C)oc12. The van der Waals surface area contributed by atoms with Gasteiger partial charge < -0.3 is 14.3 Å². The smallest absolute Gasteiger partial charge is 0.339 e. The summed E-state index contributed by atoms with van der Waals surface area (Å²) in [4.78, 5) is 11.5. The molecule has 0 saturated carbocycles. The van der Waals surface area contributed by atoms with Gasteiger partial charge in [0.15, 0.2) is 5.76 Å². The fraction of sp³-hybridized carbons (Fsp3) is 0.316. The second-order valence-corrected chi connectivity index (χ2v) is 6.31. The van der Waals surface area contributed by atoms with Crippen molar-refractivity contribution in [3.05, 3.63) is 41.3 Å². The molecule has 1 aromatic carbocycles. The van der Waals surface area contributed by atoms with Crippen molar-refractivity contribution in [3.63, 3.8) is 0 Å². The van der Waals surface area contributed by atoms with Crippen molar-refractivity contribution in [2.75, 3.05) is 7.11 Å². The quantitative estimate of drug-likeness (QED) is 0.524. The van der Waals surface area contributed by atoms with E-state index < -0.39 is 5.97 Å². The zero-order valence-corrected chi connectivity index (χ0v) is 14.0. The highest BCUT2D eigenvalue weighted by molar-refractivity contribution is 6.18. The fourth-order valence-corrected chi connectivity index (χ4v) is 2.17. The van der Waals surface area contributed by atoms with E-state index in [1.807, 2.05) is 33.8 Å². The number of methoxy groups -OCH3 is 1. The van der Waals surface area contributed by atoms with Crippen LogP contribution in [0.3, 0.4) is 0 Å². The van der Waals surface area contributed by atoms with Crippen molar-refractivity contribution in [2.45, 2.75) is 27.7 Å². The lowest BCUT2D eigenvalue weighted by molar-refractivity contribution is -0.130. The first-order chi connectivity index (χ1) is 10.7. The van der Waals surface area contributed by atoms with Crippen molar-refractivity contribution in [3.8, 4) is 11.8 Å². The van der Waals surface area contributed by atoms with E-state index >= 15 is 0 Å². The molecular weight excluding hydrogens is 292 g/mol. The number of para-hydroxylation sites is 1. The monoisotopic (exact) mass is 312 g/mol. The summed E-state index contributed by atoms with van der Waals surface area (Å²) in [6, 6.07) is 5.39. The molecule has 0 unspecified atom stereocenters. The minimum atomic E-state index is -1.07. The average molecular weight is 312 g/mol. The van der Waals surface area contributed by atoms with Gasteiger partial charge >= 0.3 is 5.97 Å². The normalized spacial score (nSPS) is 12.0. The Labute approximate surface area is 135 Å². The molecule has 4 nitrogen and oxygen atoms in total. The average Bonchev–Trinajstić information content (AvgIpc) is 2.79. The van der Waals surface area contributed by atoms with Gasteiger partial charge in [0.1, 0.15) is 11.2 Å². The van der Waals surface area contributed by atoms with Gasteiger partial charge in [0.05, 0.1) is 13.4 Å². The molecule has 0 radical (unpaired) electrons. The van der Waals surface area contributed by atoms with Crippen molar-refractivity contribution in [2.24, 2.45) is 5.41 Å². The van der Waals surface area contributed by atoms with Crippen LogP contribution in [-0.4, -0.2) is 18.2 Å². The van der Waals surface area contributed by atoms with Gasteiger partial charge in [-0.25, -0.2) is 4.79 Å². The Morgan fingerprint density at radius 3 is 2.61 bits per heavy atom. The van der Waals surface area contributed by atoms with Crippen LogP contribution < -0.4 is 0 Å². The van der Waals surface area contributed by atoms with Crippen molar-refractivity contribution < 1.29 is 19.1 Å². The molecular formula is C19H20O4. The molecule has 120 valence electrons. The van der Waals surface area contributed by atoms with Crippen molar-refractivity contribution in [1.29, 1.82) is 0 Å². The van der Waals surface area contributed by atoms with Gasteiger partial charge in [-0.05, 0) is 33.6 Å². The number of benzene rings is 1. The highest BCUT2D eigenvalue weighted by atomic mass is 16.5. The number of carboxylic acid groups (broad SMARTS) is 1. The van der Waals surface area contributed by atoms with Crippen LogP contribution in [0.5, 0.6) is 0 Å². The number of hydrogen-bond donors (Lipinski definition) is 1. The summed E-state index contributed by atoms with van der Waals surface area (Å²) in [5.41, 5.74) is 1.79. The molecule has 1 heterocycles. The van der Waals surface area contributed by atoms with Crippen LogP contribution in [0.4, 0.5) is 0 Å². The van der Waals surface area contributed by atoms with Crippen molar-refractivity contribution >= 4 is 22.5 Å². The highest BCUT2D eigenvalue weighted by Crippen LogP contribution is 2.31. The Balaban J connectivity index is 2.69. The lowest BCUT2D eigenvalue weighted by Gasteiger charge is -2.06. The summed E-state index contributed by atoms with van der Waals surface area (Å²) in [6.45, 7) is 7.98. The van der Waals surface area contributed by atoms with E-state index in [0.717, 1.165) is 10.9 Å². The zero-order chi connectivity index (χ0) is 17.2. The Bertz CT molecular complexity index is 836. The Morgan fingerprint density at radius 1 is 1.35 bits per heavy atom. The third-order valence-electron chi connectivity index (χ3n) is 3.27. The lowest BCUT2D eigenvalue weighted by Crippen LogP contribution is -2.00. The maximum atomic E-state index is 11.5. The van der Waals surface area contributed by atoms with Crippen LogP contribution in [0.1, 0.15) is 37.7 Å². The molecule has 0 bridgehead atoms. The molecule has 2 rings (SSSR count). The predicted octanol–water partition coefficient (Wildman–Crippen LogP) is 4.21. The van der Waals surface area contributed by atoms with Crippen LogP contribution in [-0.2, 0) is 9.53 Å². The molecule has 0 fully saturated rings. The summed E-state index contributed by atoms with van der Waals surface area (Å²) in [6.07, 6.45) is 1.20. The van der Waals surface area contributed by atoms with Gasteiger partial charge in [0.25, 0.3) is 0 Å². The number of ether oxygens (including phenoxy) is 1. The number of hydrogen-bond acceptors (Lipinski definition) is 3. The van der Waals surface area contributed by atoms with Crippen LogP contribution in [0.2, 0.25) is 0 Å². The minimum Gasteiger partial charge on any atom is -0.503 e. The van der Waals surface area contributed by atoms with Crippen LogP contribution in [0.15, 0.2) is 28.9 Å². The number of aliphatic carboxylic acids is 1. The van der Waals surface area contributed by atoms with E-state index in [1.54, 1.807) is 12.1 Å². The predicted molar refractivity (Wildman–Crippen MR) is 89.9 cm³/mol. The van der Waals surface area contributed by atoms with E-state index in [0.29, 0.717) is 16.9 Å². The summed E-state index contributed by atoms with van der Waals surface area (Å²) in [7, 11) is 1.41. The largest absolute Gasteiger partial charge is 0.503 e. The second kappa shape index (κ2) is 6.21. The van der Waals surface area contributed by atoms with Gasteiger partial charge in [0, 0.05) is 21.9 Å². The summed E-state index contributed by atoms with van der Waals surface area (Å²) in [5, 5.41) is 10.2. The Hall–Kier alpha value is -2.67. The van der Waals surface area contributed by atoms with Crippen LogP contribution in [0, 0.1) is 24.2 Å². The van der Waals surface area contributed by atoms with E-state index in [1.165, 1.54) is 13.4 Å². The van der Waals surface area contributed by atoms with Gasteiger partial charge in [-0.2, -0.15) is 0 Å². The van der Waals surface area contributed by atoms with E-state index in [-0.39, 0.29) is 11.0 Å². The van der Waals surface area contributed by atoms with Gasteiger partial charge in [-0.15, -0.1) is 0 Å². The third kappa shape index (κ3) is 3.57. The molecule has 0 aliphatic heterocycles. The lowest BCUT2D eigenvalue weighted by atomic mass is 9.97. The molecule has 0 spiro atoms. The molecule has 4 heteroatoms. The first-order valence-corrected chi connectivity index (χ1v) is 7.26. The maximum absolute atomic E-state index is 11.5. The first-order valence-electron chi connectivity index (χ1n) is 7.26. The van der Waals surface area contributed by atoms with Crippen LogP contribution >= 0.6 is 0 Å². The number of carboxylic acids is 1. The summed E-state index contributed by atoms with van der Waals surface area (Å²) < 4.78 is 10.8. The first kappa shape index (κ1) is 16.7. The molecule has 0 saturated heterocycles. The summed E-state index contributed by atoms with van der Waals surface area (Å²) in [5.74, 6) is 5.68. The fourth-order valence-electron chi connectivity index (χ4n) is 2.17. The molecule has 0 amide bonds. The molecule has 1 N–H and O–H groups in total. The summed E-state index contributed by atoms with van der Waals surface area (Å²) >= 11 is 0. The third-order valence-corrected chi connectivity index (χ3v) is 3.27. The molecule has 1 aromatic heterocycles. The highest BCUT2D eigenvalue weighted by Gasteiger charge is 2.19. The van der Waals surface area contributed by atoms with Crippen molar-refractivity contribution in [1.82, 2.24) is 0 Å². The number of fused-ring (bicyclic) bond motifs is 1. The number of furan rings is 1. The minimum absolute atomic E-state index is 0.0437. The standard InChI is InChI=1S/C19H20O4/c1-12-13-7-6-8-14(15(11-22-5)18(20)21)17(13)23-16(12)9-10-19(2,3)4/h6-8,11H,1-5H3,(H,20,21). The molecule has 0 aliphatic carbocycles. The molecule has 0 aliphatic rings. The van der Waals surface area contributed by atoms with Gasteiger partial charge in [0.2, 0.25) is 0 Å². The molecule has 23 heavy (non-hydrogen) atoms. The molecule has 2 aromatic rings. The Kier molecular flexibility index (Phi) is 4.51. The zero-order valence-electron chi connectivity index (χ0n) is 14.0. The molecule has 0 atom stereocenters.